The van der Waals surface area contributed by atoms with Gasteiger partial charge in [-0.3, -0.25) is 9.69 Å². The van der Waals surface area contributed by atoms with E-state index < -0.39 is 0 Å². The fourth-order valence-electron chi connectivity index (χ4n) is 2.88. The van der Waals surface area contributed by atoms with Crippen LogP contribution in [0.25, 0.3) is 0 Å². The zero-order valence-corrected chi connectivity index (χ0v) is 12.8. The van der Waals surface area contributed by atoms with Gasteiger partial charge in [0.05, 0.1) is 6.10 Å². The molecule has 0 aromatic carbocycles. The number of anilines is 1. The molecule has 6 nitrogen and oxygen atoms in total. The Morgan fingerprint density at radius 3 is 3.10 bits per heavy atom. The molecule has 0 aliphatic carbocycles. The Hall–Kier alpha value is -1.40. The fourth-order valence-corrected chi connectivity index (χ4v) is 2.88. The average Bonchev–Trinajstić information content (AvgIpc) is 2.89. The number of hydrogen-bond donors (Lipinski definition) is 2. The van der Waals surface area contributed by atoms with E-state index in [9.17, 15) is 9.90 Å². The van der Waals surface area contributed by atoms with E-state index >= 15 is 0 Å². The molecule has 118 valence electrons. The molecule has 2 rings (SSSR count). The number of aliphatic hydroxyl groups excluding tert-OH is 1. The van der Waals surface area contributed by atoms with Crippen molar-refractivity contribution in [3.63, 3.8) is 0 Å². The maximum Gasteiger partial charge on any atom is 0.226 e. The number of aromatic nitrogens is 1. The number of aryl methyl sites for hydroxylation is 1. The molecule has 2 unspecified atom stereocenters. The zero-order chi connectivity index (χ0) is 15.2. The minimum absolute atomic E-state index is 0.0707. The number of carbonyl (C=O) groups is 1. The fraction of sp³-hybridized carbons (Fsp3) is 0.733. The summed E-state index contributed by atoms with van der Waals surface area (Å²) in [5.41, 5.74) is 0. The topological polar surface area (TPSA) is 78.6 Å². The third kappa shape index (κ3) is 4.54. The maximum atomic E-state index is 11.9. The van der Waals surface area contributed by atoms with Crippen molar-refractivity contribution >= 4 is 11.7 Å². The molecule has 21 heavy (non-hydrogen) atoms. The molecule has 0 spiro atoms. The van der Waals surface area contributed by atoms with Crippen molar-refractivity contribution < 1.29 is 14.4 Å². The second-order valence-corrected chi connectivity index (χ2v) is 5.70. The van der Waals surface area contributed by atoms with Crippen LogP contribution in [0, 0.1) is 6.92 Å². The van der Waals surface area contributed by atoms with E-state index in [1.807, 2.05) is 6.92 Å². The highest BCUT2D eigenvalue weighted by atomic mass is 16.5. The molecule has 2 N–H and O–H groups in total. The summed E-state index contributed by atoms with van der Waals surface area (Å²) >= 11 is 0. The Bertz CT molecular complexity index is 461. The number of nitrogens with zero attached hydrogens (tertiary/aromatic N) is 2. The summed E-state index contributed by atoms with van der Waals surface area (Å²) in [6, 6.07) is 1.88. The number of carbonyl (C=O) groups excluding carboxylic acids is 1. The SMILES string of the molecule is CCC(O)C1CCCCN1CCC(=O)Nc1cc(C)on1. The van der Waals surface area contributed by atoms with Crippen LogP contribution in [0.5, 0.6) is 0 Å². The summed E-state index contributed by atoms with van der Waals surface area (Å²) in [6.45, 7) is 5.41. The van der Waals surface area contributed by atoms with E-state index in [2.05, 4.69) is 15.4 Å². The molecule has 1 aliphatic heterocycles. The van der Waals surface area contributed by atoms with Gasteiger partial charge in [-0.25, -0.2) is 0 Å². The summed E-state index contributed by atoms with van der Waals surface area (Å²) in [7, 11) is 0. The molecule has 0 radical (unpaired) electrons. The molecule has 1 aromatic heterocycles. The van der Waals surface area contributed by atoms with Crippen LogP contribution in [0.4, 0.5) is 5.82 Å². The molecule has 6 heteroatoms. The first-order valence-corrected chi connectivity index (χ1v) is 7.75. The number of hydrogen-bond acceptors (Lipinski definition) is 5. The number of amides is 1. The summed E-state index contributed by atoms with van der Waals surface area (Å²) < 4.78 is 4.91. The highest BCUT2D eigenvalue weighted by Crippen LogP contribution is 2.21. The molecule has 1 aromatic rings. The van der Waals surface area contributed by atoms with Gasteiger partial charge in [0.15, 0.2) is 5.82 Å². The van der Waals surface area contributed by atoms with Gasteiger partial charge in [0.2, 0.25) is 5.91 Å². The number of aliphatic hydroxyl groups is 1. The third-order valence-electron chi connectivity index (χ3n) is 4.05. The first kappa shape index (κ1) is 16.0. The lowest BCUT2D eigenvalue weighted by Crippen LogP contribution is -2.47. The second kappa shape index (κ2) is 7.56. The molecule has 2 heterocycles. The van der Waals surface area contributed by atoms with Gasteiger partial charge in [0.1, 0.15) is 5.76 Å². The van der Waals surface area contributed by atoms with Gasteiger partial charge >= 0.3 is 0 Å². The Balaban J connectivity index is 1.81. The van der Waals surface area contributed by atoms with Gasteiger partial charge < -0.3 is 14.9 Å². The molecule has 1 amide bonds. The van der Waals surface area contributed by atoms with Crippen molar-refractivity contribution in [1.29, 1.82) is 0 Å². The summed E-state index contributed by atoms with van der Waals surface area (Å²) in [6.07, 6.45) is 4.16. The largest absolute Gasteiger partial charge is 0.392 e. The van der Waals surface area contributed by atoms with Crippen LogP contribution in [0.2, 0.25) is 0 Å². The molecule has 1 saturated heterocycles. The average molecular weight is 295 g/mol. The van der Waals surface area contributed by atoms with Crippen molar-refractivity contribution in [2.75, 3.05) is 18.4 Å². The van der Waals surface area contributed by atoms with E-state index in [-0.39, 0.29) is 18.1 Å². The minimum Gasteiger partial charge on any atom is -0.392 e. The lowest BCUT2D eigenvalue weighted by Gasteiger charge is -2.38. The molecule has 1 aliphatic rings. The van der Waals surface area contributed by atoms with Crippen molar-refractivity contribution in [1.82, 2.24) is 10.1 Å². The Kier molecular flexibility index (Phi) is 5.76. The summed E-state index contributed by atoms with van der Waals surface area (Å²) in [4.78, 5) is 14.2. The van der Waals surface area contributed by atoms with Gasteiger partial charge in [0.25, 0.3) is 0 Å². The molecule has 1 fully saturated rings. The lowest BCUT2D eigenvalue weighted by molar-refractivity contribution is -0.117. The lowest BCUT2D eigenvalue weighted by atomic mass is 9.96. The number of likely N-dealkylation sites (tertiary alicyclic amines) is 1. The predicted octanol–water partition coefficient (Wildman–Crippen LogP) is 1.94. The normalized spacial score (nSPS) is 21.2. The predicted molar refractivity (Wildman–Crippen MR) is 80.0 cm³/mol. The molecule has 2 atom stereocenters. The Morgan fingerprint density at radius 2 is 2.43 bits per heavy atom. The van der Waals surface area contributed by atoms with Crippen LogP contribution >= 0.6 is 0 Å². The number of rotatable bonds is 6. The summed E-state index contributed by atoms with van der Waals surface area (Å²) in [5.74, 6) is 1.06. The van der Waals surface area contributed by atoms with Crippen molar-refractivity contribution in [2.24, 2.45) is 0 Å². The van der Waals surface area contributed by atoms with E-state index in [1.54, 1.807) is 13.0 Å². The van der Waals surface area contributed by atoms with Gasteiger partial charge in [-0.15, -0.1) is 0 Å². The Labute approximate surface area is 125 Å². The monoisotopic (exact) mass is 295 g/mol. The van der Waals surface area contributed by atoms with Gasteiger partial charge in [-0.2, -0.15) is 0 Å². The van der Waals surface area contributed by atoms with Crippen molar-refractivity contribution in [2.45, 2.75) is 58.1 Å². The van der Waals surface area contributed by atoms with Crippen LogP contribution in [0.3, 0.4) is 0 Å². The first-order valence-electron chi connectivity index (χ1n) is 7.75. The van der Waals surface area contributed by atoms with Crippen LogP contribution in [0.15, 0.2) is 10.6 Å². The smallest absolute Gasteiger partial charge is 0.226 e. The zero-order valence-electron chi connectivity index (χ0n) is 12.8. The van der Waals surface area contributed by atoms with E-state index in [4.69, 9.17) is 4.52 Å². The molecular weight excluding hydrogens is 270 g/mol. The number of nitrogens with one attached hydrogen (secondary N) is 1. The molecular formula is C15H25N3O3. The van der Waals surface area contributed by atoms with Crippen LogP contribution in [0.1, 0.15) is 44.8 Å². The minimum atomic E-state index is -0.299. The first-order chi connectivity index (χ1) is 10.1. The number of piperidine rings is 1. The van der Waals surface area contributed by atoms with Gasteiger partial charge in [0, 0.05) is 25.1 Å². The van der Waals surface area contributed by atoms with E-state index in [0.717, 1.165) is 32.2 Å². The molecule has 0 saturated carbocycles. The van der Waals surface area contributed by atoms with Crippen molar-refractivity contribution in [3.05, 3.63) is 11.8 Å². The van der Waals surface area contributed by atoms with Crippen molar-refractivity contribution in [3.8, 4) is 0 Å². The van der Waals surface area contributed by atoms with Gasteiger partial charge in [-0.05, 0) is 32.7 Å². The highest BCUT2D eigenvalue weighted by molar-refractivity contribution is 5.89. The third-order valence-corrected chi connectivity index (χ3v) is 4.05. The van der Waals surface area contributed by atoms with E-state index in [1.165, 1.54) is 0 Å². The highest BCUT2D eigenvalue weighted by Gasteiger charge is 2.27. The standard InChI is InChI=1S/C15H25N3O3/c1-3-13(19)12-6-4-5-8-18(12)9-7-15(20)16-14-10-11(2)21-17-14/h10,12-13,19H,3-9H2,1-2H3,(H,16,17,20). The van der Waals surface area contributed by atoms with Crippen LogP contribution in [-0.4, -0.2) is 46.3 Å². The van der Waals surface area contributed by atoms with Crippen LogP contribution < -0.4 is 5.32 Å². The summed E-state index contributed by atoms with van der Waals surface area (Å²) in [5, 5.41) is 16.6. The van der Waals surface area contributed by atoms with Crippen LogP contribution in [-0.2, 0) is 4.79 Å². The molecule has 0 bridgehead atoms. The quantitative estimate of drug-likeness (QED) is 0.838. The van der Waals surface area contributed by atoms with E-state index in [0.29, 0.717) is 24.5 Å². The maximum absolute atomic E-state index is 11.9. The second-order valence-electron chi connectivity index (χ2n) is 5.70. The van der Waals surface area contributed by atoms with Gasteiger partial charge in [-0.1, -0.05) is 18.5 Å². The Morgan fingerprint density at radius 1 is 1.62 bits per heavy atom.